The molecule has 8 nitrogen and oxygen atoms in total. The van der Waals surface area contributed by atoms with Crippen molar-refractivity contribution in [3.63, 3.8) is 0 Å². The van der Waals surface area contributed by atoms with E-state index >= 15 is 4.39 Å². The molecular weight excluding hydrogens is 605 g/mol. The van der Waals surface area contributed by atoms with Crippen LogP contribution in [0.25, 0.3) is 32.9 Å². The van der Waals surface area contributed by atoms with Crippen LogP contribution in [0.2, 0.25) is 0 Å². The summed E-state index contributed by atoms with van der Waals surface area (Å²) in [5.74, 6) is 1.95. The highest BCUT2D eigenvalue weighted by atomic mass is 19.1. The molecule has 2 bridgehead atoms. The molecule has 4 saturated heterocycles. The van der Waals surface area contributed by atoms with Gasteiger partial charge >= 0.3 is 0 Å². The molecule has 242 valence electrons. The van der Waals surface area contributed by atoms with Crippen molar-refractivity contribution in [3.8, 4) is 29.4 Å². The predicted octanol–water partition coefficient (Wildman–Crippen LogP) is 5.33. The zero-order valence-corrected chi connectivity index (χ0v) is 25.9. The number of halogens is 3. The van der Waals surface area contributed by atoms with Crippen molar-refractivity contribution in [1.29, 1.82) is 0 Å². The Bertz CT molecular complexity index is 1980. The van der Waals surface area contributed by atoms with E-state index in [4.69, 9.17) is 21.1 Å². The normalized spacial score (nSPS) is 27.9. The Kier molecular flexibility index (Phi) is 6.53. The standard InChI is InChI=1S/C36H35F3N6O2/c1-2-25-28(38)7-4-20-12-24(46)13-26(29(20)25)31-30(39)32-27(15-40-31)33(44-17-22-5-6-23(18-44)41-22)43-34(42-32)36(9-10-36)47-19-35-8-3-11-45(35)16-21(37)14-35/h1,4,7,12-13,15,21-23,41,46H,3,5-6,8-11,14,16-19H2/t21-,22?,23?,35+/m1/s1. The van der Waals surface area contributed by atoms with Gasteiger partial charge in [0.15, 0.2) is 11.6 Å². The Morgan fingerprint density at radius 3 is 2.66 bits per heavy atom. The Balaban J connectivity index is 1.19. The largest absolute Gasteiger partial charge is 0.508 e. The van der Waals surface area contributed by atoms with Crippen molar-refractivity contribution in [3.05, 3.63) is 53.5 Å². The second-order valence-electron chi connectivity index (χ2n) is 14.1. The molecular formula is C36H35F3N6O2. The summed E-state index contributed by atoms with van der Waals surface area (Å²) in [5.41, 5.74) is -0.990. The average Bonchev–Trinajstić information content (AvgIpc) is 3.51. The summed E-state index contributed by atoms with van der Waals surface area (Å²) in [4.78, 5) is 18.9. The van der Waals surface area contributed by atoms with Gasteiger partial charge in [-0.2, -0.15) is 0 Å². The van der Waals surface area contributed by atoms with E-state index in [1.54, 1.807) is 6.20 Å². The lowest BCUT2D eigenvalue weighted by Crippen LogP contribution is -2.51. The first kappa shape index (κ1) is 29.2. The fraction of sp³-hybridized carbons (Fsp3) is 0.472. The van der Waals surface area contributed by atoms with Gasteiger partial charge in [0.05, 0.1) is 17.6 Å². The SMILES string of the molecule is C#Cc1c(F)ccc2cc(O)cc(-c3ncc4c(N5CC6CCC(C5)N6)nc(C5(OC[C@@]67CCCN6C[C@H](F)C7)CC5)nc4c3F)c12. The summed E-state index contributed by atoms with van der Waals surface area (Å²) >= 11 is 0. The van der Waals surface area contributed by atoms with Crippen LogP contribution >= 0.6 is 0 Å². The van der Waals surface area contributed by atoms with Crippen LogP contribution in [0, 0.1) is 24.0 Å². The molecule has 2 N–H and O–H groups in total. The van der Waals surface area contributed by atoms with Gasteiger partial charge < -0.3 is 20.1 Å². The third-order valence-corrected chi connectivity index (χ3v) is 11.1. The summed E-state index contributed by atoms with van der Waals surface area (Å²) < 4.78 is 53.1. The number of ether oxygens (including phenoxy) is 1. The van der Waals surface area contributed by atoms with E-state index in [0.29, 0.717) is 66.9 Å². The number of hydrogen-bond acceptors (Lipinski definition) is 8. The molecule has 2 unspecified atom stereocenters. The number of fused-ring (bicyclic) bond motifs is 5. The minimum absolute atomic E-state index is 0.0350. The Morgan fingerprint density at radius 1 is 1.09 bits per heavy atom. The monoisotopic (exact) mass is 640 g/mol. The number of nitrogens with zero attached hydrogens (tertiary/aromatic N) is 5. The van der Waals surface area contributed by atoms with Crippen LogP contribution in [0.15, 0.2) is 30.5 Å². The number of nitrogens with one attached hydrogen (secondary N) is 1. The maximum Gasteiger partial charge on any atom is 0.175 e. The van der Waals surface area contributed by atoms with E-state index in [2.05, 4.69) is 26.0 Å². The summed E-state index contributed by atoms with van der Waals surface area (Å²) in [6.45, 7) is 3.12. The van der Waals surface area contributed by atoms with Crippen molar-refractivity contribution < 1.29 is 23.0 Å². The summed E-state index contributed by atoms with van der Waals surface area (Å²) in [6, 6.07) is 6.17. The first-order valence-corrected chi connectivity index (χ1v) is 16.6. The number of anilines is 1. The molecule has 11 heteroatoms. The molecule has 2 aromatic heterocycles. The lowest BCUT2D eigenvalue weighted by Gasteiger charge is -2.35. The number of pyridine rings is 1. The zero-order valence-electron chi connectivity index (χ0n) is 25.9. The van der Waals surface area contributed by atoms with Crippen molar-refractivity contribution in [2.75, 3.05) is 37.7 Å². The van der Waals surface area contributed by atoms with E-state index in [1.807, 2.05) is 0 Å². The van der Waals surface area contributed by atoms with Gasteiger partial charge in [-0.15, -0.1) is 6.42 Å². The highest BCUT2D eigenvalue weighted by Crippen LogP contribution is 2.51. The lowest BCUT2D eigenvalue weighted by molar-refractivity contribution is -0.0341. The van der Waals surface area contributed by atoms with E-state index in [1.165, 1.54) is 24.3 Å². The highest BCUT2D eigenvalue weighted by molar-refractivity contribution is 6.03. The van der Waals surface area contributed by atoms with Gasteiger partial charge in [-0.25, -0.2) is 23.1 Å². The van der Waals surface area contributed by atoms with Crippen molar-refractivity contribution in [2.24, 2.45) is 0 Å². The molecule has 5 aliphatic rings. The third kappa shape index (κ3) is 4.60. The van der Waals surface area contributed by atoms with Crippen LogP contribution in [0.3, 0.4) is 0 Å². The maximum absolute atomic E-state index is 17.0. The minimum atomic E-state index is -0.863. The molecule has 4 aliphatic heterocycles. The van der Waals surface area contributed by atoms with Crippen LogP contribution in [0.1, 0.15) is 56.3 Å². The number of piperazine rings is 1. The average molecular weight is 641 g/mol. The molecule has 9 rings (SSSR count). The molecule has 4 atom stereocenters. The van der Waals surface area contributed by atoms with Gasteiger partial charge in [0.25, 0.3) is 0 Å². The molecule has 1 aliphatic carbocycles. The predicted molar refractivity (Wildman–Crippen MR) is 172 cm³/mol. The summed E-state index contributed by atoms with van der Waals surface area (Å²) in [5, 5.41) is 15.5. The number of phenolic OH excluding ortho intramolecular Hbond substituents is 1. The second-order valence-corrected chi connectivity index (χ2v) is 14.1. The molecule has 2 aromatic carbocycles. The Hall–Kier alpha value is -3.98. The molecule has 0 radical (unpaired) electrons. The number of aromatic nitrogens is 3. The molecule has 0 amide bonds. The highest BCUT2D eigenvalue weighted by Gasteiger charge is 2.54. The molecule has 1 saturated carbocycles. The van der Waals surface area contributed by atoms with E-state index in [9.17, 15) is 13.9 Å². The zero-order chi connectivity index (χ0) is 32.1. The van der Waals surface area contributed by atoms with Gasteiger partial charge in [-0.1, -0.05) is 12.0 Å². The summed E-state index contributed by atoms with van der Waals surface area (Å²) in [7, 11) is 0. The summed E-state index contributed by atoms with van der Waals surface area (Å²) in [6.07, 6.45) is 12.3. The molecule has 0 spiro atoms. The first-order valence-electron chi connectivity index (χ1n) is 16.6. The minimum Gasteiger partial charge on any atom is -0.508 e. The van der Waals surface area contributed by atoms with Crippen molar-refractivity contribution in [1.82, 2.24) is 25.2 Å². The van der Waals surface area contributed by atoms with Crippen LogP contribution in [-0.4, -0.2) is 81.5 Å². The van der Waals surface area contributed by atoms with Crippen molar-refractivity contribution >= 4 is 27.5 Å². The van der Waals surface area contributed by atoms with E-state index < -0.39 is 23.4 Å². The number of benzene rings is 2. The number of hydrogen-bond donors (Lipinski definition) is 2. The van der Waals surface area contributed by atoms with Gasteiger partial charge in [0.2, 0.25) is 0 Å². The molecule has 6 heterocycles. The molecule has 4 aromatic rings. The fourth-order valence-electron chi connectivity index (χ4n) is 8.66. The smallest absolute Gasteiger partial charge is 0.175 e. The molecule has 5 fully saturated rings. The number of aromatic hydroxyl groups is 1. The van der Waals surface area contributed by atoms with Gasteiger partial charge in [0.1, 0.15) is 40.4 Å². The van der Waals surface area contributed by atoms with Crippen molar-refractivity contribution in [2.45, 2.75) is 74.3 Å². The van der Waals surface area contributed by atoms with Crippen LogP contribution < -0.4 is 10.2 Å². The van der Waals surface area contributed by atoms with Crippen LogP contribution in [0.5, 0.6) is 5.75 Å². The van der Waals surface area contributed by atoms with E-state index in [0.717, 1.165) is 45.3 Å². The topological polar surface area (TPSA) is 86.6 Å². The van der Waals surface area contributed by atoms with Crippen LogP contribution in [0.4, 0.5) is 19.0 Å². The third-order valence-electron chi connectivity index (χ3n) is 11.1. The Labute approximate surface area is 270 Å². The molecule has 47 heavy (non-hydrogen) atoms. The van der Waals surface area contributed by atoms with Gasteiger partial charge in [-0.05, 0) is 68.7 Å². The number of alkyl halides is 1. The number of phenols is 1. The quantitative estimate of drug-likeness (QED) is 0.274. The Morgan fingerprint density at radius 2 is 1.89 bits per heavy atom. The number of rotatable bonds is 6. The lowest BCUT2D eigenvalue weighted by atomic mass is 9.94. The fourth-order valence-corrected chi connectivity index (χ4v) is 8.66. The second kappa shape index (κ2) is 10.5. The number of terminal acetylenes is 1. The van der Waals surface area contributed by atoms with E-state index in [-0.39, 0.29) is 39.0 Å². The van der Waals surface area contributed by atoms with Crippen LogP contribution in [-0.2, 0) is 10.3 Å². The first-order chi connectivity index (χ1) is 22.8. The van der Waals surface area contributed by atoms with Gasteiger partial charge in [-0.3, -0.25) is 9.88 Å². The maximum atomic E-state index is 17.0. The van der Waals surface area contributed by atoms with Gasteiger partial charge in [0, 0.05) is 60.8 Å².